The minimum atomic E-state index is -0.261. The lowest BCUT2D eigenvalue weighted by Crippen LogP contribution is -2.26. The van der Waals surface area contributed by atoms with Crippen LogP contribution in [0, 0.1) is 5.41 Å². The van der Waals surface area contributed by atoms with Gasteiger partial charge in [0.2, 0.25) is 11.7 Å². The summed E-state index contributed by atoms with van der Waals surface area (Å²) in [6, 6.07) is -0.261. The zero-order valence-electron chi connectivity index (χ0n) is 10.7. The maximum atomic E-state index is 6.03. The van der Waals surface area contributed by atoms with E-state index in [2.05, 4.69) is 10.1 Å². The number of methoxy groups -OCH3 is 1. The van der Waals surface area contributed by atoms with E-state index in [4.69, 9.17) is 15.0 Å². The molecule has 16 heavy (non-hydrogen) atoms. The predicted molar refractivity (Wildman–Crippen MR) is 60.7 cm³/mol. The summed E-state index contributed by atoms with van der Waals surface area (Å²) in [4.78, 5) is 4.29. The summed E-state index contributed by atoms with van der Waals surface area (Å²) in [5, 5.41) is 3.90. The largest absolute Gasteiger partial charge is 0.373 e. The molecule has 2 atom stereocenters. The van der Waals surface area contributed by atoms with E-state index >= 15 is 0 Å². The molecule has 0 spiro atoms. The number of ether oxygens (including phenoxy) is 1. The molecule has 5 nitrogen and oxygen atoms in total. The van der Waals surface area contributed by atoms with Crippen molar-refractivity contribution < 1.29 is 9.26 Å². The number of nitrogens with zero attached hydrogens (tertiary/aromatic N) is 2. The molecule has 0 aliphatic carbocycles. The Bertz CT molecular complexity index is 326. The number of hydrogen-bond donors (Lipinski definition) is 1. The molecule has 2 N–H and O–H groups in total. The van der Waals surface area contributed by atoms with Crippen LogP contribution in [0.5, 0.6) is 0 Å². The minimum absolute atomic E-state index is 0.0986. The smallest absolute Gasteiger partial charge is 0.244 e. The van der Waals surface area contributed by atoms with E-state index < -0.39 is 0 Å². The lowest BCUT2D eigenvalue weighted by Gasteiger charge is -2.23. The molecule has 1 unspecified atom stereocenters. The van der Waals surface area contributed by atoms with Crippen LogP contribution >= 0.6 is 0 Å². The molecule has 0 radical (unpaired) electrons. The zero-order valence-corrected chi connectivity index (χ0v) is 10.7. The highest BCUT2D eigenvalue weighted by Crippen LogP contribution is 2.30. The van der Waals surface area contributed by atoms with Crippen LogP contribution < -0.4 is 5.73 Å². The van der Waals surface area contributed by atoms with Gasteiger partial charge >= 0.3 is 0 Å². The molecule has 0 aliphatic heterocycles. The first kappa shape index (κ1) is 13.1. The Hall–Kier alpha value is -0.940. The average molecular weight is 227 g/mol. The molecule has 1 aromatic rings. The van der Waals surface area contributed by atoms with E-state index in [0.717, 1.165) is 6.42 Å². The van der Waals surface area contributed by atoms with Gasteiger partial charge in [0.05, 0.1) is 6.04 Å². The fourth-order valence-corrected chi connectivity index (χ4v) is 1.33. The van der Waals surface area contributed by atoms with Crippen LogP contribution in [0.4, 0.5) is 0 Å². The van der Waals surface area contributed by atoms with Gasteiger partial charge in [-0.3, -0.25) is 0 Å². The number of rotatable bonds is 4. The summed E-state index contributed by atoms with van der Waals surface area (Å²) in [6.07, 6.45) is 0.685. The highest BCUT2D eigenvalue weighted by Gasteiger charge is 2.28. The van der Waals surface area contributed by atoms with Crippen LogP contribution in [0.2, 0.25) is 0 Å². The van der Waals surface area contributed by atoms with Gasteiger partial charge in [-0.15, -0.1) is 0 Å². The monoisotopic (exact) mass is 227 g/mol. The molecule has 1 aromatic heterocycles. The van der Waals surface area contributed by atoms with E-state index in [-0.39, 0.29) is 17.6 Å². The molecule has 1 rings (SSSR count). The molecule has 0 fully saturated rings. The lowest BCUT2D eigenvalue weighted by atomic mass is 9.87. The van der Waals surface area contributed by atoms with Crippen molar-refractivity contribution in [2.75, 3.05) is 7.11 Å². The Morgan fingerprint density at radius 3 is 2.50 bits per heavy atom. The van der Waals surface area contributed by atoms with Gasteiger partial charge in [-0.1, -0.05) is 32.9 Å². The topological polar surface area (TPSA) is 74.2 Å². The predicted octanol–water partition coefficient (Wildman–Crippen LogP) is 2.21. The molecule has 0 saturated carbocycles. The van der Waals surface area contributed by atoms with Gasteiger partial charge in [0.15, 0.2) is 0 Å². The third kappa shape index (κ3) is 2.80. The zero-order chi connectivity index (χ0) is 12.3. The molecule has 0 bridgehead atoms. The van der Waals surface area contributed by atoms with Crippen LogP contribution in [0.15, 0.2) is 4.52 Å². The van der Waals surface area contributed by atoms with Gasteiger partial charge in [0.25, 0.3) is 0 Å². The van der Waals surface area contributed by atoms with E-state index in [0.29, 0.717) is 11.7 Å². The quantitative estimate of drug-likeness (QED) is 0.853. The van der Waals surface area contributed by atoms with Crippen molar-refractivity contribution in [2.45, 2.75) is 46.3 Å². The van der Waals surface area contributed by atoms with Gasteiger partial charge in [0.1, 0.15) is 6.10 Å². The van der Waals surface area contributed by atoms with Crippen molar-refractivity contribution in [2.24, 2.45) is 11.1 Å². The molecular weight excluding hydrogens is 206 g/mol. The first-order chi connectivity index (χ1) is 7.40. The van der Waals surface area contributed by atoms with E-state index in [1.165, 1.54) is 0 Å². The summed E-state index contributed by atoms with van der Waals surface area (Å²) in [6.45, 7) is 8.12. The first-order valence-electron chi connectivity index (χ1n) is 5.52. The molecule has 0 amide bonds. The maximum absolute atomic E-state index is 6.03. The van der Waals surface area contributed by atoms with Crippen molar-refractivity contribution in [1.29, 1.82) is 0 Å². The Morgan fingerprint density at radius 1 is 1.44 bits per heavy atom. The Kier molecular flexibility index (Phi) is 4.04. The highest BCUT2D eigenvalue weighted by molar-refractivity contribution is 4.98. The number of nitrogens with two attached hydrogens (primary N) is 1. The van der Waals surface area contributed by atoms with E-state index in [1.54, 1.807) is 7.11 Å². The summed E-state index contributed by atoms with van der Waals surface area (Å²) in [5.41, 5.74) is 5.93. The van der Waals surface area contributed by atoms with Gasteiger partial charge < -0.3 is 15.0 Å². The molecule has 5 heteroatoms. The van der Waals surface area contributed by atoms with E-state index in [9.17, 15) is 0 Å². The second-order valence-electron chi connectivity index (χ2n) is 4.97. The van der Waals surface area contributed by atoms with Gasteiger partial charge in [-0.2, -0.15) is 4.98 Å². The van der Waals surface area contributed by atoms with Crippen LogP contribution in [0.25, 0.3) is 0 Å². The van der Waals surface area contributed by atoms with Crippen LogP contribution in [-0.4, -0.2) is 17.3 Å². The Labute approximate surface area is 96.4 Å². The summed E-state index contributed by atoms with van der Waals surface area (Å²) < 4.78 is 10.4. The lowest BCUT2D eigenvalue weighted by molar-refractivity contribution is 0.0903. The fraction of sp³-hybridized carbons (Fsp3) is 0.818. The summed E-state index contributed by atoms with van der Waals surface area (Å²) >= 11 is 0. The summed E-state index contributed by atoms with van der Waals surface area (Å²) in [7, 11) is 1.63. The third-order valence-electron chi connectivity index (χ3n) is 2.60. The van der Waals surface area contributed by atoms with E-state index in [1.807, 2.05) is 27.7 Å². The van der Waals surface area contributed by atoms with Crippen molar-refractivity contribution in [3.8, 4) is 0 Å². The standard InChI is InChI=1S/C11H21N3O2/c1-6-7(15-5)9-13-10(16-14-9)8(12)11(2,3)4/h7-8H,6,12H2,1-5H3/t7?,8-/m1/s1. The second-order valence-corrected chi connectivity index (χ2v) is 4.97. The highest BCUT2D eigenvalue weighted by atomic mass is 16.5. The second kappa shape index (κ2) is 4.93. The molecule has 0 aromatic carbocycles. The number of aromatic nitrogens is 2. The maximum Gasteiger partial charge on any atom is 0.244 e. The fourth-order valence-electron chi connectivity index (χ4n) is 1.33. The average Bonchev–Trinajstić information content (AvgIpc) is 2.66. The van der Waals surface area contributed by atoms with Crippen molar-refractivity contribution >= 4 is 0 Å². The van der Waals surface area contributed by atoms with Gasteiger partial charge in [-0.05, 0) is 11.8 Å². The van der Waals surface area contributed by atoms with Gasteiger partial charge in [-0.25, -0.2) is 0 Å². The van der Waals surface area contributed by atoms with Crippen LogP contribution in [0.3, 0.4) is 0 Å². The minimum Gasteiger partial charge on any atom is -0.373 e. The molecule has 0 aliphatic rings. The van der Waals surface area contributed by atoms with Crippen LogP contribution in [0.1, 0.15) is 58.0 Å². The molecule has 0 saturated heterocycles. The van der Waals surface area contributed by atoms with Crippen molar-refractivity contribution in [3.63, 3.8) is 0 Å². The SMILES string of the molecule is CCC(OC)c1noc([C@@H](N)C(C)(C)C)n1. The molecule has 92 valence electrons. The van der Waals surface area contributed by atoms with Gasteiger partial charge in [0, 0.05) is 7.11 Å². The molecular formula is C11H21N3O2. The Balaban J connectivity index is 2.86. The Morgan fingerprint density at radius 2 is 2.06 bits per heavy atom. The van der Waals surface area contributed by atoms with Crippen molar-refractivity contribution in [1.82, 2.24) is 10.1 Å². The molecule has 1 heterocycles. The summed E-state index contributed by atoms with van der Waals surface area (Å²) in [5.74, 6) is 1.04. The van der Waals surface area contributed by atoms with Crippen molar-refractivity contribution in [3.05, 3.63) is 11.7 Å². The normalized spacial score (nSPS) is 16.1. The number of hydrogen-bond acceptors (Lipinski definition) is 5. The van der Waals surface area contributed by atoms with Crippen LogP contribution in [-0.2, 0) is 4.74 Å². The third-order valence-corrected chi connectivity index (χ3v) is 2.60. The first-order valence-corrected chi connectivity index (χ1v) is 5.52.